The van der Waals surface area contributed by atoms with Gasteiger partial charge in [-0.1, -0.05) is 0 Å². The van der Waals surface area contributed by atoms with Crippen molar-refractivity contribution >= 4 is 18.0 Å². The third kappa shape index (κ3) is 5.22. The van der Waals surface area contributed by atoms with E-state index in [1.54, 1.807) is 18.9 Å². The smallest absolute Gasteiger partial charge is 0.329 e. The molecule has 0 aromatic rings. The average Bonchev–Trinajstić information content (AvgIpc) is 2.40. The summed E-state index contributed by atoms with van der Waals surface area (Å²) < 4.78 is 9.77. The molecule has 1 aliphatic rings. The number of carboxylic acids is 1. The minimum atomic E-state index is -1.03. The van der Waals surface area contributed by atoms with Crippen LogP contribution in [-0.4, -0.2) is 78.9 Å². The summed E-state index contributed by atoms with van der Waals surface area (Å²) in [6.07, 6.45) is 0.809. The highest BCUT2D eigenvalue weighted by Gasteiger charge is 2.43. The molecule has 0 aliphatic carbocycles. The zero-order valence-corrected chi connectivity index (χ0v) is 12.6. The molecule has 120 valence electrons. The van der Waals surface area contributed by atoms with Crippen LogP contribution >= 0.6 is 0 Å². The van der Waals surface area contributed by atoms with Crippen molar-refractivity contribution in [2.75, 3.05) is 40.4 Å². The topological polar surface area (TPSA) is 96.4 Å². The summed E-state index contributed by atoms with van der Waals surface area (Å²) in [5.74, 6) is -1.32. The molecule has 2 amide bonds. The normalized spacial score (nSPS) is 16.0. The molecule has 0 aromatic carbocycles. The predicted molar refractivity (Wildman–Crippen MR) is 72.8 cm³/mol. The first-order valence-electron chi connectivity index (χ1n) is 6.70. The SMILES string of the molecule is COC(=O)CCCN(C)C(=O)N1CC(C)(OCC(=O)O)C1. The van der Waals surface area contributed by atoms with Gasteiger partial charge in [-0.25, -0.2) is 9.59 Å². The fourth-order valence-corrected chi connectivity index (χ4v) is 2.12. The standard InChI is InChI=1S/C13H22N2O6/c1-13(21-7-10(16)17)8-15(9-13)12(19)14(2)6-4-5-11(18)20-3/h4-9H2,1-3H3,(H,16,17). The first-order valence-corrected chi connectivity index (χ1v) is 6.70. The summed E-state index contributed by atoms with van der Waals surface area (Å²) in [4.78, 5) is 36.6. The number of methoxy groups -OCH3 is 1. The van der Waals surface area contributed by atoms with Crippen molar-refractivity contribution in [1.82, 2.24) is 9.80 Å². The number of ether oxygens (including phenoxy) is 2. The van der Waals surface area contributed by atoms with Crippen LogP contribution in [0, 0.1) is 0 Å². The monoisotopic (exact) mass is 302 g/mol. The van der Waals surface area contributed by atoms with Crippen LogP contribution in [0.15, 0.2) is 0 Å². The molecule has 0 atom stereocenters. The average molecular weight is 302 g/mol. The summed E-state index contributed by atoms with van der Waals surface area (Å²) in [5.41, 5.74) is -0.596. The van der Waals surface area contributed by atoms with E-state index in [1.165, 1.54) is 12.0 Å². The molecule has 1 N–H and O–H groups in total. The second kappa shape index (κ2) is 7.26. The van der Waals surface area contributed by atoms with Crippen molar-refractivity contribution in [1.29, 1.82) is 0 Å². The van der Waals surface area contributed by atoms with E-state index in [0.29, 0.717) is 26.1 Å². The Kier molecular flexibility index (Phi) is 5.95. The van der Waals surface area contributed by atoms with E-state index in [-0.39, 0.29) is 25.0 Å². The first-order chi connectivity index (χ1) is 9.77. The van der Waals surface area contributed by atoms with Gasteiger partial charge in [-0.3, -0.25) is 4.79 Å². The fourth-order valence-electron chi connectivity index (χ4n) is 2.12. The molecule has 0 aromatic heterocycles. The summed E-state index contributed by atoms with van der Waals surface area (Å²) in [7, 11) is 2.99. The number of carbonyl (C=O) groups excluding carboxylic acids is 2. The maximum atomic E-state index is 12.1. The Morgan fingerprint density at radius 2 is 1.95 bits per heavy atom. The quantitative estimate of drug-likeness (QED) is 0.673. The highest BCUT2D eigenvalue weighted by atomic mass is 16.5. The van der Waals surface area contributed by atoms with Gasteiger partial charge in [0.25, 0.3) is 0 Å². The molecule has 0 saturated carbocycles. The fraction of sp³-hybridized carbons (Fsp3) is 0.769. The number of hydrogen-bond donors (Lipinski definition) is 1. The lowest BCUT2D eigenvalue weighted by Gasteiger charge is -2.48. The zero-order valence-electron chi connectivity index (χ0n) is 12.6. The van der Waals surface area contributed by atoms with Gasteiger partial charge in [0.05, 0.1) is 20.2 Å². The molecule has 8 nitrogen and oxygen atoms in total. The third-order valence-electron chi connectivity index (χ3n) is 3.29. The van der Waals surface area contributed by atoms with Crippen LogP contribution in [0.3, 0.4) is 0 Å². The van der Waals surface area contributed by atoms with Gasteiger partial charge in [0.15, 0.2) is 0 Å². The van der Waals surface area contributed by atoms with Gasteiger partial charge in [-0.2, -0.15) is 0 Å². The van der Waals surface area contributed by atoms with Gasteiger partial charge in [0.2, 0.25) is 0 Å². The summed E-state index contributed by atoms with van der Waals surface area (Å²) in [5, 5.41) is 8.57. The molecule has 0 bridgehead atoms. The number of carboxylic acid groups (broad SMARTS) is 1. The van der Waals surface area contributed by atoms with E-state index >= 15 is 0 Å². The number of esters is 1. The maximum Gasteiger partial charge on any atom is 0.329 e. The van der Waals surface area contributed by atoms with Crippen molar-refractivity contribution in [3.63, 3.8) is 0 Å². The summed E-state index contributed by atoms with van der Waals surface area (Å²) >= 11 is 0. The Hall–Kier alpha value is -1.83. The largest absolute Gasteiger partial charge is 0.480 e. The van der Waals surface area contributed by atoms with Gasteiger partial charge in [0, 0.05) is 20.0 Å². The predicted octanol–water partition coefficient (Wildman–Crippen LogP) is 0.167. The van der Waals surface area contributed by atoms with E-state index in [2.05, 4.69) is 4.74 Å². The minimum Gasteiger partial charge on any atom is -0.480 e. The van der Waals surface area contributed by atoms with Crippen LogP contribution in [0.1, 0.15) is 19.8 Å². The van der Waals surface area contributed by atoms with Gasteiger partial charge in [-0.05, 0) is 13.3 Å². The highest BCUT2D eigenvalue weighted by molar-refractivity contribution is 5.75. The number of aliphatic carboxylic acids is 1. The molecule has 0 unspecified atom stereocenters. The minimum absolute atomic E-state index is 0.156. The van der Waals surface area contributed by atoms with Crippen LogP contribution in [0.25, 0.3) is 0 Å². The van der Waals surface area contributed by atoms with Crippen molar-refractivity contribution < 1.29 is 29.0 Å². The van der Waals surface area contributed by atoms with Gasteiger partial charge >= 0.3 is 18.0 Å². The van der Waals surface area contributed by atoms with Gasteiger partial charge in [0.1, 0.15) is 12.2 Å². The molecular weight excluding hydrogens is 280 g/mol. The van der Waals surface area contributed by atoms with Crippen molar-refractivity contribution in [2.24, 2.45) is 0 Å². The molecule has 0 spiro atoms. The Labute approximate surface area is 123 Å². The number of nitrogens with zero attached hydrogens (tertiary/aromatic N) is 2. The molecule has 1 rings (SSSR count). The maximum absolute atomic E-state index is 12.1. The van der Waals surface area contributed by atoms with Gasteiger partial charge in [-0.15, -0.1) is 0 Å². The number of hydrogen-bond acceptors (Lipinski definition) is 5. The first kappa shape index (κ1) is 17.2. The number of amides is 2. The van der Waals surface area contributed by atoms with Crippen molar-refractivity contribution in [3.05, 3.63) is 0 Å². The van der Waals surface area contributed by atoms with Crippen LogP contribution in [0.5, 0.6) is 0 Å². The Morgan fingerprint density at radius 3 is 2.48 bits per heavy atom. The molecular formula is C13H22N2O6. The van der Waals surface area contributed by atoms with Crippen LogP contribution < -0.4 is 0 Å². The van der Waals surface area contributed by atoms with Crippen LogP contribution in [0.4, 0.5) is 4.79 Å². The number of rotatable bonds is 7. The summed E-state index contributed by atoms with van der Waals surface area (Å²) in [6, 6.07) is -0.156. The lowest BCUT2D eigenvalue weighted by molar-refractivity contribution is -0.160. The van der Waals surface area contributed by atoms with Gasteiger partial charge < -0.3 is 24.4 Å². The zero-order chi connectivity index (χ0) is 16.0. The second-order valence-electron chi connectivity index (χ2n) is 5.37. The van der Waals surface area contributed by atoms with E-state index in [1.807, 2.05) is 0 Å². The third-order valence-corrected chi connectivity index (χ3v) is 3.29. The van der Waals surface area contributed by atoms with E-state index in [0.717, 1.165) is 0 Å². The molecule has 0 radical (unpaired) electrons. The van der Waals surface area contributed by atoms with E-state index in [9.17, 15) is 14.4 Å². The molecule has 8 heteroatoms. The van der Waals surface area contributed by atoms with Crippen LogP contribution in [-0.2, 0) is 19.1 Å². The highest BCUT2D eigenvalue weighted by Crippen LogP contribution is 2.25. The van der Waals surface area contributed by atoms with E-state index in [4.69, 9.17) is 9.84 Å². The number of carbonyl (C=O) groups is 3. The Balaban J connectivity index is 2.28. The van der Waals surface area contributed by atoms with Crippen molar-refractivity contribution in [3.8, 4) is 0 Å². The molecule has 1 heterocycles. The second-order valence-corrected chi connectivity index (χ2v) is 5.37. The molecule has 1 saturated heterocycles. The Bertz CT molecular complexity index is 405. The van der Waals surface area contributed by atoms with Crippen molar-refractivity contribution in [2.45, 2.75) is 25.4 Å². The Morgan fingerprint density at radius 1 is 1.33 bits per heavy atom. The molecule has 1 aliphatic heterocycles. The molecule has 1 fully saturated rings. The van der Waals surface area contributed by atoms with Crippen LogP contribution in [0.2, 0.25) is 0 Å². The van der Waals surface area contributed by atoms with E-state index < -0.39 is 11.6 Å². The number of likely N-dealkylation sites (tertiary alicyclic amines) is 1. The lowest BCUT2D eigenvalue weighted by Crippen LogP contribution is -2.65. The molecule has 21 heavy (non-hydrogen) atoms. The lowest BCUT2D eigenvalue weighted by atomic mass is 9.97. The summed E-state index contributed by atoms with van der Waals surface area (Å²) in [6.45, 7) is 2.59. The number of urea groups is 1.